The highest BCUT2D eigenvalue weighted by atomic mass is 32.2. The molecule has 0 amide bonds. The Kier molecular flexibility index (Phi) is 3.98. The lowest BCUT2D eigenvalue weighted by Crippen LogP contribution is -2.11. The number of ether oxygens (including phenoxy) is 1. The first kappa shape index (κ1) is 11.2. The van der Waals surface area contributed by atoms with Gasteiger partial charge >= 0.3 is 5.97 Å². The van der Waals surface area contributed by atoms with Crippen LogP contribution in [0.4, 0.5) is 0 Å². The van der Waals surface area contributed by atoms with E-state index in [0.717, 1.165) is 17.9 Å². The summed E-state index contributed by atoms with van der Waals surface area (Å²) >= 11 is 3.81. The number of hydrogen-bond donors (Lipinski definition) is 0. The van der Waals surface area contributed by atoms with Gasteiger partial charge in [0.05, 0.1) is 0 Å². The van der Waals surface area contributed by atoms with Crippen molar-refractivity contribution in [2.45, 2.75) is 37.4 Å². The molecular formula is C9H16O2S2. The highest BCUT2D eigenvalue weighted by Gasteiger charge is 2.57. The number of thioether (sulfide) groups is 2. The normalized spacial score (nSPS) is 24.1. The molecule has 0 aromatic rings. The summed E-state index contributed by atoms with van der Waals surface area (Å²) < 4.78 is 5.39. The SMILES string of the molecule is CCSC1(SCC)C[C@H]1OC(C)=O. The number of esters is 1. The van der Waals surface area contributed by atoms with E-state index in [9.17, 15) is 4.79 Å². The Morgan fingerprint density at radius 2 is 2.00 bits per heavy atom. The number of rotatable bonds is 5. The van der Waals surface area contributed by atoms with Crippen molar-refractivity contribution in [1.29, 1.82) is 0 Å². The summed E-state index contributed by atoms with van der Waals surface area (Å²) in [5, 5.41) is 0. The molecule has 76 valence electrons. The second-order valence-corrected chi connectivity index (χ2v) is 6.43. The maximum absolute atomic E-state index is 10.7. The molecule has 1 saturated carbocycles. The lowest BCUT2D eigenvalue weighted by Gasteiger charge is -2.13. The van der Waals surface area contributed by atoms with Crippen molar-refractivity contribution in [1.82, 2.24) is 0 Å². The summed E-state index contributed by atoms with van der Waals surface area (Å²) in [6, 6.07) is 0. The van der Waals surface area contributed by atoms with E-state index in [4.69, 9.17) is 4.74 Å². The van der Waals surface area contributed by atoms with E-state index in [-0.39, 0.29) is 16.2 Å². The van der Waals surface area contributed by atoms with E-state index in [1.807, 2.05) is 23.5 Å². The van der Waals surface area contributed by atoms with Crippen LogP contribution in [0.3, 0.4) is 0 Å². The van der Waals surface area contributed by atoms with Gasteiger partial charge in [-0.3, -0.25) is 4.79 Å². The van der Waals surface area contributed by atoms with Crippen LogP contribution in [0, 0.1) is 0 Å². The van der Waals surface area contributed by atoms with Crippen molar-refractivity contribution >= 4 is 29.5 Å². The zero-order valence-corrected chi connectivity index (χ0v) is 9.96. The molecule has 0 spiro atoms. The maximum Gasteiger partial charge on any atom is 0.302 e. The Morgan fingerprint density at radius 1 is 1.46 bits per heavy atom. The molecule has 0 radical (unpaired) electrons. The van der Waals surface area contributed by atoms with Gasteiger partial charge in [0.15, 0.2) is 0 Å². The topological polar surface area (TPSA) is 26.3 Å². The zero-order chi connectivity index (χ0) is 9.90. The molecule has 0 bridgehead atoms. The van der Waals surface area contributed by atoms with Crippen LogP contribution >= 0.6 is 23.5 Å². The Bertz CT molecular complexity index is 188. The molecule has 0 saturated heterocycles. The predicted molar refractivity (Wildman–Crippen MR) is 59.2 cm³/mol. The molecule has 0 heterocycles. The fourth-order valence-corrected chi connectivity index (χ4v) is 4.39. The molecule has 0 unspecified atom stereocenters. The Labute approximate surface area is 88.2 Å². The Hall–Kier alpha value is 0.170. The van der Waals surface area contributed by atoms with Gasteiger partial charge in [0.1, 0.15) is 10.2 Å². The highest BCUT2D eigenvalue weighted by molar-refractivity contribution is 8.18. The van der Waals surface area contributed by atoms with Crippen molar-refractivity contribution in [3.63, 3.8) is 0 Å². The molecule has 2 nitrogen and oxygen atoms in total. The standard InChI is InChI=1S/C9H16O2S2/c1-4-12-9(13-5-2)6-8(9)11-7(3)10/h8H,4-6H2,1-3H3/t8-/m1/s1. The number of hydrogen-bond acceptors (Lipinski definition) is 4. The van der Waals surface area contributed by atoms with Gasteiger partial charge in [-0.25, -0.2) is 0 Å². The lowest BCUT2D eigenvalue weighted by molar-refractivity contribution is -0.142. The van der Waals surface area contributed by atoms with Crippen molar-refractivity contribution in [3.8, 4) is 0 Å². The predicted octanol–water partition coefficient (Wildman–Crippen LogP) is 2.52. The van der Waals surface area contributed by atoms with E-state index in [0.29, 0.717) is 0 Å². The highest BCUT2D eigenvalue weighted by Crippen LogP contribution is 2.58. The second-order valence-electron chi connectivity index (χ2n) is 2.98. The monoisotopic (exact) mass is 220 g/mol. The summed E-state index contributed by atoms with van der Waals surface area (Å²) in [6.45, 7) is 5.77. The molecule has 1 aliphatic rings. The fraction of sp³-hybridized carbons (Fsp3) is 0.889. The van der Waals surface area contributed by atoms with Crippen molar-refractivity contribution < 1.29 is 9.53 Å². The van der Waals surface area contributed by atoms with Gasteiger partial charge in [0, 0.05) is 13.3 Å². The van der Waals surface area contributed by atoms with Gasteiger partial charge in [0.2, 0.25) is 0 Å². The summed E-state index contributed by atoms with van der Waals surface area (Å²) in [7, 11) is 0. The molecule has 1 aliphatic carbocycles. The molecule has 1 atom stereocenters. The molecule has 0 aromatic heterocycles. The molecule has 0 aliphatic heterocycles. The number of carbonyl (C=O) groups is 1. The third kappa shape index (κ3) is 2.81. The van der Waals surface area contributed by atoms with Crippen LogP contribution < -0.4 is 0 Å². The third-order valence-corrected chi connectivity index (χ3v) is 5.01. The van der Waals surface area contributed by atoms with Crippen LogP contribution in [0.2, 0.25) is 0 Å². The van der Waals surface area contributed by atoms with Crippen LogP contribution in [-0.4, -0.2) is 27.7 Å². The first-order valence-corrected chi connectivity index (χ1v) is 6.57. The first-order chi connectivity index (χ1) is 6.14. The zero-order valence-electron chi connectivity index (χ0n) is 8.33. The first-order valence-electron chi connectivity index (χ1n) is 4.59. The largest absolute Gasteiger partial charge is 0.460 e. The minimum Gasteiger partial charge on any atom is -0.460 e. The summed E-state index contributed by atoms with van der Waals surface area (Å²) in [5.41, 5.74) is 0. The van der Waals surface area contributed by atoms with Crippen molar-refractivity contribution in [2.24, 2.45) is 0 Å². The van der Waals surface area contributed by atoms with Crippen LogP contribution in [0.25, 0.3) is 0 Å². The van der Waals surface area contributed by atoms with Crippen LogP contribution in [0.5, 0.6) is 0 Å². The maximum atomic E-state index is 10.7. The summed E-state index contributed by atoms with van der Waals surface area (Å²) in [6.07, 6.45) is 1.17. The second kappa shape index (κ2) is 4.60. The van der Waals surface area contributed by atoms with E-state index >= 15 is 0 Å². The van der Waals surface area contributed by atoms with E-state index in [1.165, 1.54) is 6.92 Å². The molecular weight excluding hydrogens is 204 g/mol. The Balaban J connectivity index is 2.40. The van der Waals surface area contributed by atoms with Gasteiger partial charge < -0.3 is 4.74 Å². The van der Waals surface area contributed by atoms with Gasteiger partial charge in [-0.15, -0.1) is 23.5 Å². The minimum absolute atomic E-state index is 0.153. The van der Waals surface area contributed by atoms with Gasteiger partial charge in [0.25, 0.3) is 0 Å². The Morgan fingerprint density at radius 3 is 2.38 bits per heavy atom. The third-order valence-electron chi connectivity index (χ3n) is 1.89. The molecule has 13 heavy (non-hydrogen) atoms. The molecule has 1 rings (SSSR count). The summed E-state index contributed by atoms with van der Waals surface area (Å²) in [4.78, 5) is 10.7. The lowest BCUT2D eigenvalue weighted by atomic mass is 10.7. The van der Waals surface area contributed by atoms with Crippen LogP contribution in [0.15, 0.2) is 0 Å². The van der Waals surface area contributed by atoms with Crippen LogP contribution in [-0.2, 0) is 9.53 Å². The minimum atomic E-state index is -0.153. The van der Waals surface area contributed by atoms with E-state index in [1.54, 1.807) is 0 Å². The number of carbonyl (C=O) groups excluding carboxylic acids is 1. The summed E-state index contributed by atoms with van der Waals surface area (Å²) in [5.74, 6) is 2.02. The molecule has 0 aromatic carbocycles. The van der Waals surface area contributed by atoms with Gasteiger partial charge in [-0.1, -0.05) is 13.8 Å². The molecule has 0 N–H and O–H groups in total. The van der Waals surface area contributed by atoms with Crippen LogP contribution in [0.1, 0.15) is 27.2 Å². The smallest absolute Gasteiger partial charge is 0.302 e. The average molecular weight is 220 g/mol. The molecule has 1 fully saturated rings. The quantitative estimate of drug-likeness (QED) is 0.525. The fourth-order valence-electron chi connectivity index (χ4n) is 1.37. The van der Waals surface area contributed by atoms with Crippen molar-refractivity contribution in [3.05, 3.63) is 0 Å². The van der Waals surface area contributed by atoms with E-state index < -0.39 is 0 Å². The van der Waals surface area contributed by atoms with Gasteiger partial charge in [-0.2, -0.15) is 0 Å². The van der Waals surface area contributed by atoms with E-state index in [2.05, 4.69) is 13.8 Å². The van der Waals surface area contributed by atoms with Gasteiger partial charge in [-0.05, 0) is 11.5 Å². The van der Waals surface area contributed by atoms with Crippen molar-refractivity contribution in [2.75, 3.05) is 11.5 Å². The average Bonchev–Trinajstić information content (AvgIpc) is 2.63. The molecule has 4 heteroatoms.